The van der Waals surface area contributed by atoms with Crippen molar-refractivity contribution >= 4 is 11.0 Å². The zero-order chi connectivity index (χ0) is 15.3. The molecule has 4 heteroatoms. The second kappa shape index (κ2) is 7.07. The van der Waals surface area contributed by atoms with Crippen LogP contribution in [0.3, 0.4) is 0 Å². The van der Waals surface area contributed by atoms with Gasteiger partial charge in [-0.15, -0.1) is 0 Å². The molecule has 4 nitrogen and oxygen atoms in total. The van der Waals surface area contributed by atoms with Crippen molar-refractivity contribution in [3.05, 3.63) is 35.6 Å². The number of aryl methyl sites for hydroxylation is 1. The van der Waals surface area contributed by atoms with Gasteiger partial charge in [-0.2, -0.15) is 0 Å². The normalized spacial score (nSPS) is 14.5. The lowest BCUT2D eigenvalue weighted by Gasteiger charge is -2.20. The van der Waals surface area contributed by atoms with Crippen LogP contribution in [0.2, 0.25) is 0 Å². The molecule has 1 atom stereocenters. The molecule has 0 saturated heterocycles. The third-order valence-electron chi connectivity index (χ3n) is 3.69. The number of para-hydroxylation sites is 1. The fourth-order valence-corrected chi connectivity index (χ4v) is 2.40. The minimum Gasteiger partial charge on any atom is -0.461 e. The Morgan fingerprint density at radius 1 is 1.29 bits per heavy atom. The Morgan fingerprint density at radius 3 is 2.76 bits per heavy atom. The smallest absolute Gasteiger partial charge is 0.134 e. The molecule has 0 spiro atoms. The highest BCUT2D eigenvalue weighted by Crippen LogP contribution is 2.27. The van der Waals surface area contributed by atoms with Gasteiger partial charge >= 0.3 is 0 Å². The van der Waals surface area contributed by atoms with Crippen molar-refractivity contribution in [2.24, 2.45) is 0 Å². The molecular formula is C17H25NO3. The van der Waals surface area contributed by atoms with Crippen LogP contribution in [0.5, 0.6) is 0 Å². The molecule has 0 aliphatic rings. The topological polar surface area (TPSA) is 65.6 Å². The van der Waals surface area contributed by atoms with Crippen LogP contribution in [-0.2, 0) is 13.0 Å². The van der Waals surface area contributed by atoms with Gasteiger partial charge in [-0.05, 0) is 19.4 Å². The van der Waals surface area contributed by atoms with Crippen molar-refractivity contribution in [2.45, 2.75) is 45.3 Å². The summed E-state index contributed by atoms with van der Waals surface area (Å²) in [4.78, 5) is 0. The van der Waals surface area contributed by atoms with Crippen molar-refractivity contribution in [1.29, 1.82) is 0 Å². The molecule has 0 radical (unpaired) electrons. The van der Waals surface area contributed by atoms with Crippen LogP contribution < -0.4 is 5.32 Å². The Bertz CT molecular complexity index is 574. The first kappa shape index (κ1) is 16.0. The monoisotopic (exact) mass is 291 g/mol. The van der Waals surface area contributed by atoms with Crippen molar-refractivity contribution < 1.29 is 14.6 Å². The molecule has 116 valence electrons. The van der Waals surface area contributed by atoms with Gasteiger partial charge in [-0.25, -0.2) is 0 Å². The Kier molecular flexibility index (Phi) is 5.39. The van der Waals surface area contributed by atoms with Crippen LogP contribution in [0, 0.1) is 0 Å². The molecule has 21 heavy (non-hydrogen) atoms. The Labute approximate surface area is 125 Å². The fraction of sp³-hybridized carbons (Fsp3) is 0.529. The van der Waals surface area contributed by atoms with Gasteiger partial charge in [-0.3, -0.25) is 0 Å². The summed E-state index contributed by atoms with van der Waals surface area (Å²) < 4.78 is 5.96. The zero-order valence-electron chi connectivity index (χ0n) is 12.9. The summed E-state index contributed by atoms with van der Waals surface area (Å²) in [5.41, 5.74) is 0.977. The summed E-state index contributed by atoms with van der Waals surface area (Å²) in [5.74, 6) is 1.02. The van der Waals surface area contributed by atoms with Crippen molar-refractivity contribution in [1.82, 2.24) is 5.32 Å². The Balaban J connectivity index is 2.15. The number of hydrogen-bond donors (Lipinski definition) is 3. The highest BCUT2D eigenvalue weighted by molar-refractivity contribution is 5.82. The SMILES string of the molecule is CCCCc1oc2ccccc2c1CNCC(C)(O)CO. The number of aliphatic hydroxyl groups excluding tert-OH is 1. The van der Waals surface area contributed by atoms with E-state index in [1.165, 1.54) is 0 Å². The van der Waals surface area contributed by atoms with Gasteiger partial charge in [0.15, 0.2) is 0 Å². The number of fused-ring (bicyclic) bond motifs is 1. The van der Waals surface area contributed by atoms with Crippen molar-refractivity contribution in [2.75, 3.05) is 13.2 Å². The van der Waals surface area contributed by atoms with Gasteiger partial charge in [0.05, 0.1) is 12.2 Å². The summed E-state index contributed by atoms with van der Waals surface area (Å²) in [5, 5.41) is 23.3. The molecular weight excluding hydrogens is 266 g/mol. The lowest BCUT2D eigenvalue weighted by molar-refractivity contribution is 0.00253. The Morgan fingerprint density at radius 2 is 2.05 bits per heavy atom. The van der Waals surface area contributed by atoms with Gasteiger partial charge in [0.2, 0.25) is 0 Å². The first-order chi connectivity index (χ1) is 10.1. The van der Waals surface area contributed by atoms with E-state index in [0.717, 1.165) is 41.6 Å². The van der Waals surface area contributed by atoms with E-state index in [0.29, 0.717) is 13.1 Å². The first-order valence-corrected chi connectivity index (χ1v) is 7.60. The zero-order valence-corrected chi connectivity index (χ0v) is 12.9. The quantitative estimate of drug-likeness (QED) is 0.699. The van der Waals surface area contributed by atoms with Crippen LogP contribution in [-0.4, -0.2) is 29.0 Å². The summed E-state index contributed by atoms with van der Waals surface area (Å²) in [6.07, 6.45) is 3.16. The maximum Gasteiger partial charge on any atom is 0.134 e. The molecule has 1 aromatic carbocycles. The maximum absolute atomic E-state index is 9.84. The van der Waals surface area contributed by atoms with Crippen LogP contribution in [0.4, 0.5) is 0 Å². The molecule has 2 aromatic rings. The van der Waals surface area contributed by atoms with Crippen LogP contribution in [0.15, 0.2) is 28.7 Å². The highest BCUT2D eigenvalue weighted by Gasteiger charge is 2.19. The molecule has 1 heterocycles. The maximum atomic E-state index is 9.84. The van der Waals surface area contributed by atoms with E-state index in [-0.39, 0.29) is 6.61 Å². The summed E-state index contributed by atoms with van der Waals surface area (Å²) in [6.45, 7) is 4.50. The lowest BCUT2D eigenvalue weighted by atomic mass is 10.1. The summed E-state index contributed by atoms with van der Waals surface area (Å²) >= 11 is 0. The predicted molar refractivity (Wildman–Crippen MR) is 84.2 cm³/mol. The number of rotatable bonds is 8. The minimum atomic E-state index is -1.09. The molecule has 0 bridgehead atoms. The van der Waals surface area contributed by atoms with E-state index in [1.54, 1.807) is 6.92 Å². The van der Waals surface area contributed by atoms with Crippen molar-refractivity contribution in [3.63, 3.8) is 0 Å². The van der Waals surface area contributed by atoms with E-state index >= 15 is 0 Å². The first-order valence-electron chi connectivity index (χ1n) is 7.60. The fourth-order valence-electron chi connectivity index (χ4n) is 2.40. The van der Waals surface area contributed by atoms with Crippen molar-refractivity contribution in [3.8, 4) is 0 Å². The molecule has 0 saturated carbocycles. The van der Waals surface area contributed by atoms with E-state index in [9.17, 15) is 5.11 Å². The standard InChI is InChI=1S/C17H25NO3/c1-3-4-8-16-14(10-18-11-17(2,20)12-19)13-7-5-6-9-15(13)21-16/h5-7,9,18-20H,3-4,8,10-12H2,1-2H3. The molecule has 0 aliphatic heterocycles. The highest BCUT2D eigenvalue weighted by atomic mass is 16.3. The number of furan rings is 1. The molecule has 2 rings (SSSR count). The largest absolute Gasteiger partial charge is 0.461 e. The predicted octanol–water partition coefficient (Wildman–Crippen LogP) is 2.61. The average Bonchev–Trinajstić information content (AvgIpc) is 2.83. The second-order valence-corrected chi connectivity index (χ2v) is 5.86. The molecule has 1 aromatic heterocycles. The van der Waals surface area contributed by atoms with Gasteiger partial charge in [0.1, 0.15) is 11.3 Å². The second-order valence-electron chi connectivity index (χ2n) is 5.86. The molecule has 1 unspecified atom stereocenters. The number of unbranched alkanes of at least 4 members (excludes halogenated alkanes) is 1. The van der Waals surface area contributed by atoms with E-state index in [1.807, 2.05) is 18.2 Å². The van der Waals surface area contributed by atoms with Gasteiger partial charge < -0.3 is 19.9 Å². The lowest BCUT2D eigenvalue weighted by Crippen LogP contribution is -2.40. The molecule has 3 N–H and O–H groups in total. The van der Waals surface area contributed by atoms with Crippen LogP contribution in [0.25, 0.3) is 11.0 Å². The van der Waals surface area contributed by atoms with E-state index in [2.05, 4.69) is 18.3 Å². The third kappa shape index (κ3) is 4.06. The van der Waals surface area contributed by atoms with E-state index < -0.39 is 5.60 Å². The van der Waals surface area contributed by atoms with Gasteiger partial charge in [-0.1, -0.05) is 31.5 Å². The minimum absolute atomic E-state index is 0.255. The Hall–Kier alpha value is -1.36. The third-order valence-corrected chi connectivity index (χ3v) is 3.69. The number of aliphatic hydroxyl groups is 2. The number of hydrogen-bond acceptors (Lipinski definition) is 4. The van der Waals surface area contributed by atoms with Crippen LogP contribution >= 0.6 is 0 Å². The van der Waals surface area contributed by atoms with Gasteiger partial charge in [0.25, 0.3) is 0 Å². The average molecular weight is 291 g/mol. The van der Waals surface area contributed by atoms with E-state index in [4.69, 9.17) is 9.52 Å². The van der Waals surface area contributed by atoms with Crippen LogP contribution in [0.1, 0.15) is 38.0 Å². The summed E-state index contributed by atoms with van der Waals surface area (Å²) in [6, 6.07) is 8.03. The molecule has 0 aliphatic carbocycles. The van der Waals surface area contributed by atoms with Gasteiger partial charge in [0, 0.05) is 30.5 Å². The molecule has 0 fully saturated rings. The summed E-state index contributed by atoms with van der Waals surface area (Å²) in [7, 11) is 0. The molecule has 0 amide bonds. The number of benzene rings is 1. The number of nitrogens with one attached hydrogen (secondary N) is 1.